The topological polar surface area (TPSA) is 76.9 Å². The van der Waals surface area contributed by atoms with Gasteiger partial charge in [0.15, 0.2) is 0 Å². The van der Waals surface area contributed by atoms with Gasteiger partial charge >= 0.3 is 11.9 Å². The number of alkyl halides is 3. The number of benzene rings is 1. The van der Waals surface area contributed by atoms with Crippen LogP contribution in [-0.4, -0.2) is 78.7 Å². The maximum Gasteiger partial charge on any atom is 0.417 e. The number of ether oxygens (including phenoxy) is 2. The number of aromatic nitrogens is 2. The zero-order valence-corrected chi connectivity index (χ0v) is 28.2. The first-order chi connectivity index (χ1) is 22.0. The molecule has 2 aliphatic heterocycles. The summed E-state index contributed by atoms with van der Waals surface area (Å²) in [6, 6.07) is 0.0143. The van der Waals surface area contributed by atoms with Crippen molar-refractivity contribution in [1.29, 1.82) is 0 Å². The highest BCUT2D eigenvalue weighted by molar-refractivity contribution is 7.99. The molecule has 0 aliphatic carbocycles. The summed E-state index contributed by atoms with van der Waals surface area (Å²) in [7, 11) is 2.90. The Kier molecular flexibility index (Phi) is 11.0. The largest absolute Gasteiger partial charge is 0.417 e. The van der Waals surface area contributed by atoms with Crippen LogP contribution in [0.4, 0.5) is 27.8 Å². The summed E-state index contributed by atoms with van der Waals surface area (Å²) >= 11 is 6.98. The van der Waals surface area contributed by atoms with Gasteiger partial charge in [0.1, 0.15) is 17.5 Å². The molecule has 2 atom stereocenters. The van der Waals surface area contributed by atoms with E-state index >= 15 is 17.6 Å². The minimum Gasteiger partial charge on any atom is -0.384 e. The van der Waals surface area contributed by atoms with Gasteiger partial charge in [-0.05, 0) is 39.0 Å². The molecule has 0 N–H and O–H groups in total. The van der Waals surface area contributed by atoms with E-state index in [0.717, 1.165) is 30.8 Å². The van der Waals surface area contributed by atoms with E-state index in [1.165, 1.54) is 24.9 Å². The highest BCUT2D eigenvalue weighted by Gasteiger charge is 2.43. The molecule has 2 aliphatic rings. The molecule has 0 unspecified atom stereocenters. The molecule has 0 bridgehead atoms. The average Bonchev–Trinajstić information content (AvgIpc) is 3.15. The first-order valence-electron chi connectivity index (χ1n) is 14.6. The predicted molar refractivity (Wildman–Crippen MR) is 174 cm³/mol. The van der Waals surface area contributed by atoms with Crippen molar-refractivity contribution < 1.29 is 36.2 Å². The van der Waals surface area contributed by atoms with Crippen LogP contribution >= 0.6 is 23.4 Å². The maximum atomic E-state index is 15.2. The Morgan fingerprint density at radius 1 is 1.19 bits per heavy atom. The lowest BCUT2D eigenvalue weighted by molar-refractivity contribution is -0.137. The fraction of sp³-hybridized carbons (Fsp3) is 0.469. The van der Waals surface area contributed by atoms with Crippen LogP contribution in [0.25, 0.3) is 16.5 Å². The number of carbonyl (C=O) groups is 1. The van der Waals surface area contributed by atoms with Gasteiger partial charge in [0.05, 0.1) is 29.3 Å². The highest BCUT2D eigenvalue weighted by Crippen LogP contribution is 2.50. The van der Waals surface area contributed by atoms with Gasteiger partial charge in [-0.2, -0.15) is 18.2 Å². The minimum atomic E-state index is -5.05. The van der Waals surface area contributed by atoms with Crippen molar-refractivity contribution in [3.63, 3.8) is 0 Å². The van der Waals surface area contributed by atoms with Crippen molar-refractivity contribution >= 4 is 51.6 Å². The Bertz CT molecular complexity index is 1700. The summed E-state index contributed by atoms with van der Waals surface area (Å²) in [6.07, 6.45) is -3.10. The molecule has 256 valence electrons. The summed E-state index contributed by atoms with van der Waals surface area (Å²) in [5.41, 5.74) is -4.17. The van der Waals surface area contributed by atoms with Gasteiger partial charge in [-0.1, -0.05) is 24.8 Å². The molecule has 4 rings (SSSR count). The number of piperazine rings is 1. The normalized spacial score (nSPS) is 20.6. The first kappa shape index (κ1) is 36.6. The third-order valence-electron chi connectivity index (χ3n) is 8.23. The van der Waals surface area contributed by atoms with Crippen LogP contribution in [0.15, 0.2) is 57.8 Å². The third kappa shape index (κ3) is 7.15. The molecule has 0 saturated carbocycles. The van der Waals surface area contributed by atoms with Crippen LogP contribution in [0.2, 0.25) is 0 Å². The molecule has 3 heterocycles. The number of nitrogens with zero attached hydrogens (tertiary/aromatic N) is 4. The Labute approximate surface area is 278 Å². The molecular weight excluding hydrogens is 667 g/mol. The second-order valence-electron chi connectivity index (χ2n) is 11.9. The summed E-state index contributed by atoms with van der Waals surface area (Å²) in [6.45, 7) is 11.7. The molecule has 1 saturated heterocycles. The van der Waals surface area contributed by atoms with Gasteiger partial charge in [-0.3, -0.25) is 9.36 Å². The van der Waals surface area contributed by atoms with Crippen LogP contribution in [0.3, 0.4) is 0 Å². The lowest BCUT2D eigenvalue weighted by atomic mass is 9.91. The fourth-order valence-electron chi connectivity index (χ4n) is 6.40. The van der Waals surface area contributed by atoms with Crippen molar-refractivity contribution in [2.75, 3.05) is 51.2 Å². The molecule has 1 fully saturated rings. The summed E-state index contributed by atoms with van der Waals surface area (Å²) in [5, 5.41) is -0.627. The van der Waals surface area contributed by atoms with Crippen LogP contribution in [0.5, 0.6) is 0 Å². The lowest BCUT2D eigenvalue weighted by Gasteiger charge is -2.44. The quantitative estimate of drug-likeness (QED) is 0.163. The Balaban J connectivity index is 2.16. The fourth-order valence-corrected chi connectivity index (χ4v) is 7.93. The van der Waals surface area contributed by atoms with Crippen molar-refractivity contribution in [2.24, 2.45) is 5.41 Å². The Morgan fingerprint density at radius 3 is 2.28 bits per heavy atom. The second-order valence-corrected chi connectivity index (χ2v) is 13.3. The lowest BCUT2D eigenvalue weighted by Crippen LogP contribution is -2.58. The minimum absolute atomic E-state index is 0.0103. The van der Waals surface area contributed by atoms with Gasteiger partial charge in [0, 0.05) is 78.5 Å². The maximum absolute atomic E-state index is 15.2. The summed E-state index contributed by atoms with van der Waals surface area (Å²) in [5.74, 6) is -2.45. The number of hydrogen-bond acceptors (Lipinski definition) is 7. The molecule has 15 heteroatoms. The van der Waals surface area contributed by atoms with E-state index in [2.05, 4.69) is 18.1 Å². The average molecular weight is 703 g/mol. The SMILES string of the molecule is C=CC(=O)N1[C@H](C)CN(c2nc(=O)n3c4c(c(/C(=C/C(Cl)=C(\C)F)C(=C)F)c(C(F)(F)F)cc24)SCC(COC)(COC)C3)C[C@@H]1C. The van der Waals surface area contributed by atoms with Gasteiger partial charge in [0.25, 0.3) is 0 Å². The van der Waals surface area contributed by atoms with Gasteiger partial charge in [0.2, 0.25) is 5.91 Å². The second kappa shape index (κ2) is 14.1. The number of amides is 1. The van der Waals surface area contributed by atoms with E-state index < -0.39 is 62.8 Å². The van der Waals surface area contributed by atoms with E-state index in [-0.39, 0.29) is 66.1 Å². The number of thioether (sulfide) groups is 1. The van der Waals surface area contributed by atoms with E-state index in [4.69, 9.17) is 21.1 Å². The number of anilines is 1. The van der Waals surface area contributed by atoms with Crippen LogP contribution in [0, 0.1) is 5.41 Å². The molecule has 1 aromatic heterocycles. The molecule has 1 aromatic carbocycles. The van der Waals surface area contributed by atoms with Gasteiger partial charge in [-0.15, -0.1) is 11.8 Å². The van der Waals surface area contributed by atoms with Crippen LogP contribution in [0.1, 0.15) is 31.9 Å². The van der Waals surface area contributed by atoms with Crippen molar-refractivity contribution in [3.8, 4) is 0 Å². The summed E-state index contributed by atoms with van der Waals surface area (Å²) in [4.78, 5) is 34.1. The number of halogens is 6. The Morgan fingerprint density at radius 2 is 1.79 bits per heavy atom. The van der Waals surface area contributed by atoms with Crippen LogP contribution in [-0.2, 0) is 27.0 Å². The molecule has 2 aromatic rings. The standard InChI is InChI=1S/C32H36ClF5N4O4S/c1-8-25(43)42-17(2)11-40(12-18(42)3)29-22-9-23(32(36,37)38)26(21(19(4)34)10-24(33)20(5)35)28-27(22)41(30(44)39-29)13-31(14-45-6,15-46-7)16-47-28/h8-10,17-18H,1,4,11-16H2,2-3,5-7H3/b21-10+,24-20-/t17-,18+. The van der Waals surface area contributed by atoms with Crippen molar-refractivity contribution in [2.45, 2.75) is 50.5 Å². The van der Waals surface area contributed by atoms with E-state index in [1.807, 2.05) is 0 Å². The Hall–Kier alpha value is -3.20. The van der Waals surface area contributed by atoms with Crippen LogP contribution < -0.4 is 10.6 Å². The zero-order valence-electron chi connectivity index (χ0n) is 26.6. The number of methoxy groups -OCH3 is 2. The molecule has 1 amide bonds. The highest BCUT2D eigenvalue weighted by atomic mass is 35.5. The predicted octanol–water partition coefficient (Wildman–Crippen LogP) is 6.72. The van der Waals surface area contributed by atoms with E-state index in [1.54, 1.807) is 23.6 Å². The number of hydrogen-bond donors (Lipinski definition) is 0. The molecule has 0 radical (unpaired) electrons. The molecule has 8 nitrogen and oxygen atoms in total. The zero-order chi connectivity index (χ0) is 35.0. The van der Waals surface area contributed by atoms with Crippen molar-refractivity contribution in [1.82, 2.24) is 14.5 Å². The number of rotatable bonds is 9. The van der Waals surface area contributed by atoms with Crippen molar-refractivity contribution in [3.05, 3.63) is 69.7 Å². The molecular formula is C32H36ClF5N4O4S. The van der Waals surface area contributed by atoms with Gasteiger partial charge < -0.3 is 19.3 Å². The molecule has 47 heavy (non-hydrogen) atoms. The van der Waals surface area contributed by atoms with E-state index in [0.29, 0.717) is 0 Å². The first-order valence-corrected chi connectivity index (χ1v) is 15.9. The third-order valence-corrected chi connectivity index (χ3v) is 10.0. The number of carbonyl (C=O) groups excluding carboxylic acids is 1. The van der Waals surface area contributed by atoms with Gasteiger partial charge in [-0.25, -0.2) is 13.6 Å². The molecule has 0 spiro atoms. The summed E-state index contributed by atoms with van der Waals surface area (Å²) < 4.78 is 86.8. The number of allylic oxidation sites excluding steroid dienone is 5. The van der Waals surface area contributed by atoms with E-state index in [9.17, 15) is 14.0 Å². The smallest absolute Gasteiger partial charge is 0.384 e. The monoisotopic (exact) mass is 702 g/mol.